The molecule has 0 bridgehead atoms. The van der Waals surface area contributed by atoms with E-state index in [-0.39, 0.29) is 0 Å². The van der Waals surface area contributed by atoms with Gasteiger partial charge >= 0.3 is 0 Å². The average Bonchev–Trinajstić information content (AvgIpc) is 3.11. The lowest BCUT2D eigenvalue weighted by Crippen LogP contribution is -2.31. The highest BCUT2D eigenvalue weighted by Gasteiger charge is 2.12. The third kappa shape index (κ3) is 3.56. The van der Waals surface area contributed by atoms with E-state index in [1.165, 1.54) is 15.3 Å². The topological polar surface area (TPSA) is 3.24 Å². The molecule has 2 aromatic heterocycles. The zero-order chi connectivity index (χ0) is 13.7. The number of rotatable bonds is 6. The van der Waals surface area contributed by atoms with Crippen molar-refractivity contribution in [1.82, 2.24) is 4.90 Å². The van der Waals surface area contributed by atoms with Gasteiger partial charge < -0.3 is 0 Å². The highest BCUT2D eigenvalue weighted by molar-refractivity contribution is 7.13. The summed E-state index contributed by atoms with van der Waals surface area (Å²) in [5, 5.41) is 4.30. The minimum Gasteiger partial charge on any atom is -0.298 e. The molecular formula is C16H21NS2. The van der Waals surface area contributed by atoms with E-state index in [0.29, 0.717) is 6.04 Å². The molecular weight excluding hydrogens is 270 g/mol. The van der Waals surface area contributed by atoms with Crippen LogP contribution in [0.4, 0.5) is 0 Å². The van der Waals surface area contributed by atoms with Crippen LogP contribution in [0, 0.1) is 0 Å². The predicted molar refractivity (Wildman–Crippen MR) is 88.1 cm³/mol. The normalized spacial score (nSPS) is 12.6. The summed E-state index contributed by atoms with van der Waals surface area (Å²) in [5.41, 5.74) is 1.38. The lowest BCUT2D eigenvalue weighted by Gasteiger charge is -2.24. The minimum atomic E-state index is 0.467. The maximum absolute atomic E-state index is 2.47. The fraction of sp³-hybridized carbons (Fsp3) is 0.375. The summed E-state index contributed by atoms with van der Waals surface area (Å²) in [6, 6.07) is 9.15. The van der Waals surface area contributed by atoms with Crippen molar-refractivity contribution in [3.05, 3.63) is 50.9 Å². The van der Waals surface area contributed by atoms with Gasteiger partial charge in [-0.2, -0.15) is 0 Å². The van der Waals surface area contributed by atoms with Gasteiger partial charge in [-0.1, -0.05) is 32.1 Å². The molecule has 0 aromatic carbocycles. The van der Waals surface area contributed by atoms with Crippen LogP contribution in [0.3, 0.4) is 0 Å². The number of hydrogen-bond donors (Lipinski definition) is 0. The quantitative estimate of drug-likeness (QED) is 0.726. The zero-order valence-electron chi connectivity index (χ0n) is 11.8. The van der Waals surface area contributed by atoms with Crippen LogP contribution >= 0.6 is 22.7 Å². The first-order valence-corrected chi connectivity index (χ1v) is 8.55. The van der Waals surface area contributed by atoms with E-state index in [0.717, 1.165) is 13.1 Å². The molecule has 102 valence electrons. The van der Waals surface area contributed by atoms with E-state index < -0.39 is 0 Å². The second-order valence-corrected chi connectivity index (χ2v) is 6.39. The predicted octanol–water partition coefficient (Wildman–Crippen LogP) is 4.97. The minimum absolute atomic E-state index is 0.467. The van der Waals surface area contributed by atoms with E-state index in [9.17, 15) is 0 Å². The van der Waals surface area contributed by atoms with Gasteiger partial charge in [-0.15, -0.1) is 22.7 Å². The van der Waals surface area contributed by atoms with E-state index in [1.54, 1.807) is 0 Å². The van der Waals surface area contributed by atoms with Crippen molar-refractivity contribution in [3.8, 4) is 0 Å². The molecule has 0 aliphatic rings. The van der Waals surface area contributed by atoms with Crippen LogP contribution < -0.4 is 0 Å². The van der Waals surface area contributed by atoms with Gasteiger partial charge in [0.15, 0.2) is 0 Å². The second kappa shape index (κ2) is 7.04. The third-order valence-electron chi connectivity index (χ3n) is 3.37. The van der Waals surface area contributed by atoms with Crippen LogP contribution in [0.5, 0.6) is 0 Å². The molecule has 1 nitrogen and oxygen atoms in total. The second-order valence-electron chi connectivity index (χ2n) is 4.50. The van der Waals surface area contributed by atoms with Crippen molar-refractivity contribution in [2.75, 3.05) is 13.1 Å². The molecule has 0 aliphatic carbocycles. The van der Waals surface area contributed by atoms with Gasteiger partial charge in [0.1, 0.15) is 0 Å². The highest BCUT2D eigenvalue weighted by atomic mass is 32.1. The third-order valence-corrected chi connectivity index (χ3v) is 5.18. The lowest BCUT2D eigenvalue weighted by molar-refractivity contribution is 0.268. The number of hydrogen-bond acceptors (Lipinski definition) is 3. The molecule has 2 rings (SSSR count). The van der Waals surface area contributed by atoms with Gasteiger partial charge in [0.05, 0.1) is 0 Å². The Morgan fingerprint density at radius 3 is 2.00 bits per heavy atom. The number of likely N-dealkylation sites (N-methyl/N-ethyl adjacent to an activating group) is 1. The van der Waals surface area contributed by atoms with Gasteiger partial charge in [-0.3, -0.25) is 4.90 Å². The molecule has 0 aliphatic heterocycles. The Kier molecular flexibility index (Phi) is 5.37. The number of nitrogens with zero attached hydrogens (tertiary/aromatic N) is 1. The molecule has 1 atom stereocenters. The first-order chi connectivity index (χ1) is 9.26. The molecule has 0 saturated carbocycles. The smallest absolute Gasteiger partial charge is 0.0354 e. The van der Waals surface area contributed by atoms with Crippen molar-refractivity contribution in [2.45, 2.75) is 26.8 Å². The maximum atomic E-state index is 2.47. The van der Waals surface area contributed by atoms with E-state index in [2.05, 4.69) is 66.8 Å². The fourth-order valence-electron chi connectivity index (χ4n) is 2.30. The van der Waals surface area contributed by atoms with E-state index in [1.807, 2.05) is 22.7 Å². The van der Waals surface area contributed by atoms with Crippen LogP contribution in [-0.2, 0) is 0 Å². The Morgan fingerprint density at radius 2 is 1.63 bits per heavy atom. The fourth-order valence-corrected chi connectivity index (χ4v) is 3.89. The number of thiophene rings is 2. The standard InChI is InChI=1S/C16H21NS2/c1-4-17(5-2)13(3)12-14(15-8-6-10-18-15)16-9-7-11-19-16/h6-13H,4-5H2,1-3H3. The van der Waals surface area contributed by atoms with E-state index >= 15 is 0 Å². The molecule has 0 spiro atoms. The van der Waals surface area contributed by atoms with Crippen LogP contribution in [-0.4, -0.2) is 24.0 Å². The molecule has 0 radical (unpaired) electrons. The average molecular weight is 291 g/mol. The Morgan fingerprint density at radius 1 is 1.11 bits per heavy atom. The monoisotopic (exact) mass is 291 g/mol. The SMILES string of the molecule is CCN(CC)C(C)C=C(c1cccs1)c1cccs1. The van der Waals surface area contributed by atoms with Crippen molar-refractivity contribution >= 4 is 28.2 Å². The summed E-state index contributed by atoms with van der Waals surface area (Å²) < 4.78 is 0. The summed E-state index contributed by atoms with van der Waals surface area (Å²) in [7, 11) is 0. The van der Waals surface area contributed by atoms with Crippen molar-refractivity contribution in [2.24, 2.45) is 0 Å². The Balaban J connectivity index is 2.33. The zero-order valence-corrected chi connectivity index (χ0v) is 13.4. The molecule has 2 aromatic rings. The van der Waals surface area contributed by atoms with Crippen LogP contribution in [0.15, 0.2) is 41.1 Å². The highest BCUT2D eigenvalue weighted by Crippen LogP contribution is 2.31. The summed E-state index contributed by atoms with van der Waals surface area (Å²) >= 11 is 3.64. The molecule has 0 saturated heterocycles. The molecule has 0 N–H and O–H groups in total. The van der Waals surface area contributed by atoms with Gasteiger partial charge in [0.2, 0.25) is 0 Å². The summed E-state index contributed by atoms with van der Waals surface area (Å²) in [6.07, 6.45) is 2.41. The summed E-state index contributed by atoms with van der Waals surface area (Å²) in [4.78, 5) is 5.20. The van der Waals surface area contributed by atoms with Crippen LogP contribution in [0.2, 0.25) is 0 Å². The maximum Gasteiger partial charge on any atom is 0.0354 e. The van der Waals surface area contributed by atoms with Crippen LogP contribution in [0.1, 0.15) is 30.5 Å². The molecule has 0 amide bonds. The summed E-state index contributed by atoms with van der Waals surface area (Å²) in [6.45, 7) is 8.93. The molecule has 3 heteroatoms. The Bertz CT molecular complexity index is 457. The lowest BCUT2D eigenvalue weighted by atomic mass is 10.1. The first kappa shape index (κ1) is 14.5. The molecule has 0 fully saturated rings. The van der Waals surface area contributed by atoms with Gasteiger partial charge in [0.25, 0.3) is 0 Å². The van der Waals surface area contributed by atoms with Gasteiger partial charge in [-0.25, -0.2) is 0 Å². The summed E-state index contributed by atoms with van der Waals surface area (Å²) in [5.74, 6) is 0. The molecule has 1 unspecified atom stereocenters. The molecule has 19 heavy (non-hydrogen) atoms. The molecule has 2 heterocycles. The Hall–Kier alpha value is -0.900. The van der Waals surface area contributed by atoms with Crippen LogP contribution in [0.25, 0.3) is 5.57 Å². The van der Waals surface area contributed by atoms with Crippen molar-refractivity contribution in [3.63, 3.8) is 0 Å². The first-order valence-electron chi connectivity index (χ1n) is 6.79. The largest absolute Gasteiger partial charge is 0.298 e. The van der Waals surface area contributed by atoms with Gasteiger partial charge in [0, 0.05) is 21.4 Å². The van der Waals surface area contributed by atoms with Crippen molar-refractivity contribution in [1.29, 1.82) is 0 Å². The van der Waals surface area contributed by atoms with Gasteiger partial charge in [-0.05, 0) is 42.9 Å². The van der Waals surface area contributed by atoms with E-state index in [4.69, 9.17) is 0 Å². The Labute approximate surface area is 124 Å². The van der Waals surface area contributed by atoms with Crippen molar-refractivity contribution < 1.29 is 0 Å².